The summed E-state index contributed by atoms with van der Waals surface area (Å²) < 4.78 is 22.0. The first-order valence-corrected chi connectivity index (χ1v) is 8.34. The molecule has 0 bridgehead atoms. The first-order valence-electron chi connectivity index (χ1n) is 6.28. The van der Waals surface area contributed by atoms with Crippen molar-refractivity contribution in [2.75, 3.05) is 12.0 Å². The normalized spacial score (nSPS) is 28.9. The molecule has 0 heterocycles. The van der Waals surface area contributed by atoms with Gasteiger partial charge in [-0.05, 0) is 31.1 Å². The van der Waals surface area contributed by atoms with Gasteiger partial charge in [0.25, 0.3) is 0 Å². The highest BCUT2D eigenvalue weighted by atomic mass is 32.2. The van der Waals surface area contributed by atoms with Crippen LogP contribution in [0.4, 0.5) is 0 Å². The molecule has 1 rings (SSSR count). The standard InChI is InChI=1S/C12H24O3S/c1-3-10-4-6-11(7-5-10)12(13)8-9-16(2,14)15/h10-13H,3-9H2,1-2H3. The van der Waals surface area contributed by atoms with Crippen LogP contribution >= 0.6 is 0 Å². The van der Waals surface area contributed by atoms with Crippen LogP contribution in [0.5, 0.6) is 0 Å². The van der Waals surface area contributed by atoms with E-state index in [2.05, 4.69) is 6.92 Å². The predicted octanol–water partition coefficient (Wildman–Crippen LogP) is 2.00. The zero-order chi connectivity index (χ0) is 12.2. The van der Waals surface area contributed by atoms with Crippen LogP contribution in [-0.4, -0.2) is 31.6 Å². The summed E-state index contributed by atoms with van der Waals surface area (Å²) in [6, 6.07) is 0. The van der Waals surface area contributed by atoms with Gasteiger partial charge in [-0.25, -0.2) is 8.42 Å². The van der Waals surface area contributed by atoms with E-state index >= 15 is 0 Å². The summed E-state index contributed by atoms with van der Waals surface area (Å²) in [6.07, 6.45) is 6.94. The summed E-state index contributed by atoms with van der Waals surface area (Å²) in [4.78, 5) is 0. The zero-order valence-electron chi connectivity index (χ0n) is 10.4. The molecule has 0 aromatic rings. The Hall–Kier alpha value is -0.0900. The molecule has 1 fully saturated rings. The number of aliphatic hydroxyl groups is 1. The zero-order valence-corrected chi connectivity index (χ0v) is 11.2. The maximum absolute atomic E-state index is 11.0. The van der Waals surface area contributed by atoms with Crippen LogP contribution < -0.4 is 0 Å². The fourth-order valence-electron chi connectivity index (χ4n) is 2.55. The van der Waals surface area contributed by atoms with Gasteiger partial charge >= 0.3 is 0 Å². The molecule has 0 aromatic carbocycles. The van der Waals surface area contributed by atoms with E-state index in [-0.39, 0.29) is 5.75 Å². The average molecular weight is 248 g/mol. The van der Waals surface area contributed by atoms with E-state index in [1.165, 1.54) is 25.5 Å². The number of sulfone groups is 1. The maximum Gasteiger partial charge on any atom is 0.147 e. The third-order valence-electron chi connectivity index (χ3n) is 3.80. The number of aliphatic hydroxyl groups excluding tert-OH is 1. The van der Waals surface area contributed by atoms with Crippen LogP contribution in [0.25, 0.3) is 0 Å². The molecular weight excluding hydrogens is 224 g/mol. The highest BCUT2D eigenvalue weighted by Crippen LogP contribution is 2.33. The summed E-state index contributed by atoms with van der Waals surface area (Å²) >= 11 is 0. The molecule has 0 aromatic heterocycles. The number of hydrogen-bond acceptors (Lipinski definition) is 3. The van der Waals surface area contributed by atoms with Gasteiger partial charge < -0.3 is 5.11 Å². The molecule has 1 N–H and O–H groups in total. The first kappa shape index (κ1) is 14.0. The van der Waals surface area contributed by atoms with Crippen LogP contribution in [0.15, 0.2) is 0 Å². The molecule has 1 atom stereocenters. The summed E-state index contributed by atoms with van der Waals surface area (Å²) in [5, 5.41) is 9.93. The molecule has 1 unspecified atom stereocenters. The highest BCUT2D eigenvalue weighted by Gasteiger charge is 2.26. The van der Waals surface area contributed by atoms with Crippen LogP contribution in [0.1, 0.15) is 45.4 Å². The summed E-state index contributed by atoms with van der Waals surface area (Å²) in [6.45, 7) is 2.21. The quantitative estimate of drug-likeness (QED) is 0.809. The van der Waals surface area contributed by atoms with Crippen LogP contribution in [0, 0.1) is 11.8 Å². The van der Waals surface area contributed by atoms with Gasteiger partial charge in [0.15, 0.2) is 0 Å². The predicted molar refractivity (Wildman–Crippen MR) is 66.1 cm³/mol. The molecule has 3 nitrogen and oxygen atoms in total. The van der Waals surface area contributed by atoms with Crippen molar-refractivity contribution in [3.63, 3.8) is 0 Å². The van der Waals surface area contributed by atoms with E-state index in [9.17, 15) is 13.5 Å². The molecule has 1 aliphatic rings. The first-order chi connectivity index (χ1) is 7.42. The van der Waals surface area contributed by atoms with Gasteiger partial charge in [-0.2, -0.15) is 0 Å². The van der Waals surface area contributed by atoms with Gasteiger partial charge in [0.2, 0.25) is 0 Å². The largest absolute Gasteiger partial charge is 0.393 e. The van der Waals surface area contributed by atoms with Gasteiger partial charge in [-0.15, -0.1) is 0 Å². The van der Waals surface area contributed by atoms with E-state index in [1.54, 1.807) is 0 Å². The molecule has 0 spiro atoms. The smallest absolute Gasteiger partial charge is 0.147 e. The SMILES string of the molecule is CCC1CCC(C(O)CCS(C)(=O)=O)CC1. The van der Waals surface area contributed by atoms with Crippen LogP contribution in [0.2, 0.25) is 0 Å². The molecule has 1 aliphatic carbocycles. The van der Waals surface area contributed by atoms with Crippen molar-refractivity contribution in [3.8, 4) is 0 Å². The second-order valence-corrected chi connectivity index (χ2v) is 7.43. The summed E-state index contributed by atoms with van der Waals surface area (Å²) in [7, 11) is -2.93. The minimum absolute atomic E-state index is 0.113. The Morgan fingerprint density at radius 1 is 1.25 bits per heavy atom. The van der Waals surface area contributed by atoms with E-state index in [4.69, 9.17) is 0 Å². The third-order valence-corrected chi connectivity index (χ3v) is 4.77. The van der Waals surface area contributed by atoms with Gasteiger partial charge in [-0.3, -0.25) is 0 Å². The van der Waals surface area contributed by atoms with Crippen LogP contribution in [-0.2, 0) is 9.84 Å². The third kappa shape index (κ3) is 4.83. The van der Waals surface area contributed by atoms with Crippen molar-refractivity contribution in [2.45, 2.75) is 51.6 Å². The van der Waals surface area contributed by atoms with Crippen molar-refractivity contribution in [2.24, 2.45) is 11.8 Å². The molecule has 4 heteroatoms. The molecule has 16 heavy (non-hydrogen) atoms. The lowest BCUT2D eigenvalue weighted by molar-refractivity contribution is 0.0709. The lowest BCUT2D eigenvalue weighted by Crippen LogP contribution is -2.27. The van der Waals surface area contributed by atoms with Gasteiger partial charge in [0.1, 0.15) is 9.84 Å². The van der Waals surface area contributed by atoms with Crippen molar-refractivity contribution in [3.05, 3.63) is 0 Å². The van der Waals surface area contributed by atoms with Gasteiger partial charge in [0, 0.05) is 6.26 Å². The summed E-state index contributed by atoms with van der Waals surface area (Å²) in [5.41, 5.74) is 0. The molecule has 0 saturated heterocycles. The van der Waals surface area contributed by atoms with E-state index in [0.29, 0.717) is 12.3 Å². The van der Waals surface area contributed by atoms with Crippen molar-refractivity contribution in [1.82, 2.24) is 0 Å². The molecular formula is C12H24O3S. The lowest BCUT2D eigenvalue weighted by atomic mass is 9.78. The monoisotopic (exact) mass is 248 g/mol. The minimum Gasteiger partial charge on any atom is -0.393 e. The highest BCUT2D eigenvalue weighted by molar-refractivity contribution is 7.90. The Kier molecular flexibility index (Phi) is 5.25. The van der Waals surface area contributed by atoms with Crippen molar-refractivity contribution >= 4 is 9.84 Å². The molecule has 1 saturated carbocycles. The molecule has 0 radical (unpaired) electrons. The Morgan fingerprint density at radius 2 is 1.81 bits per heavy atom. The Bertz CT molecular complexity index is 289. The van der Waals surface area contributed by atoms with Crippen LogP contribution in [0.3, 0.4) is 0 Å². The van der Waals surface area contributed by atoms with Gasteiger partial charge in [-0.1, -0.05) is 26.2 Å². The molecule has 0 amide bonds. The van der Waals surface area contributed by atoms with E-state index in [0.717, 1.165) is 18.8 Å². The van der Waals surface area contributed by atoms with E-state index in [1.807, 2.05) is 0 Å². The lowest BCUT2D eigenvalue weighted by Gasteiger charge is -2.30. The summed E-state index contributed by atoms with van der Waals surface area (Å²) in [5.74, 6) is 1.25. The minimum atomic E-state index is -2.93. The Morgan fingerprint density at radius 3 is 2.25 bits per heavy atom. The fourth-order valence-corrected chi connectivity index (χ4v) is 3.22. The second kappa shape index (κ2) is 6.01. The number of hydrogen-bond donors (Lipinski definition) is 1. The van der Waals surface area contributed by atoms with Gasteiger partial charge in [0.05, 0.1) is 11.9 Å². The molecule has 0 aliphatic heterocycles. The Labute approximate surface area is 99.2 Å². The van der Waals surface area contributed by atoms with E-state index < -0.39 is 15.9 Å². The molecule has 96 valence electrons. The topological polar surface area (TPSA) is 54.4 Å². The Balaban J connectivity index is 2.30. The average Bonchev–Trinajstić information content (AvgIpc) is 2.25. The maximum atomic E-state index is 11.0. The van der Waals surface area contributed by atoms with Crippen molar-refractivity contribution < 1.29 is 13.5 Å². The van der Waals surface area contributed by atoms with Crippen molar-refractivity contribution in [1.29, 1.82) is 0 Å². The fraction of sp³-hybridized carbons (Fsp3) is 1.00. The second-order valence-electron chi connectivity index (χ2n) is 5.17. The number of rotatable bonds is 5.